The predicted molar refractivity (Wildman–Crippen MR) is 139 cm³/mol. The maximum absolute atomic E-state index is 13.0. The number of phenols is 1. The Kier molecular flexibility index (Phi) is 6.68. The molecule has 5 aromatic rings. The quantitative estimate of drug-likeness (QED) is 0.218. The van der Waals surface area contributed by atoms with Gasteiger partial charge in [0.05, 0.1) is 6.61 Å². The molecule has 0 amide bonds. The molecule has 0 radical (unpaired) electrons. The number of benzene rings is 4. The van der Waals surface area contributed by atoms with Crippen molar-refractivity contribution >= 4 is 5.97 Å². The molecule has 184 valence electrons. The zero-order valence-corrected chi connectivity index (χ0v) is 20.2. The van der Waals surface area contributed by atoms with Gasteiger partial charge in [0, 0.05) is 0 Å². The van der Waals surface area contributed by atoms with Crippen molar-refractivity contribution in [3.63, 3.8) is 0 Å². The number of phenolic OH excluding ortho intramolecular Hbond substituents is 1. The second-order valence-electron chi connectivity index (χ2n) is 8.27. The molecule has 7 heteroatoms. The highest BCUT2D eigenvalue weighted by molar-refractivity contribution is 5.89. The van der Waals surface area contributed by atoms with Crippen LogP contribution in [0, 0.1) is 0 Å². The third-order valence-electron chi connectivity index (χ3n) is 5.98. The Balaban J connectivity index is 1.79. The van der Waals surface area contributed by atoms with Crippen LogP contribution in [0.3, 0.4) is 0 Å². The first-order chi connectivity index (χ1) is 18.1. The average molecular weight is 492 g/mol. The van der Waals surface area contributed by atoms with Crippen LogP contribution in [0.1, 0.15) is 34.1 Å². The number of aromatic hydroxyl groups is 1. The van der Waals surface area contributed by atoms with Crippen molar-refractivity contribution in [2.24, 2.45) is 0 Å². The number of hydrogen-bond acceptors (Lipinski definition) is 6. The zero-order chi connectivity index (χ0) is 25.7. The molecule has 0 spiro atoms. The monoisotopic (exact) mass is 491 g/mol. The summed E-state index contributed by atoms with van der Waals surface area (Å²) in [4.78, 5) is 14.5. The molecule has 0 aliphatic heterocycles. The van der Waals surface area contributed by atoms with E-state index in [4.69, 9.17) is 19.7 Å². The van der Waals surface area contributed by atoms with Gasteiger partial charge in [-0.05, 0) is 47.9 Å². The van der Waals surface area contributed by atoms with Crippen LogP contribution in [0.4, 0.5) is 0 Å². The summed E-state index contributed by atoms with van der Waals surface area (Å²) in [6.45, 7) is 1.90. The standard InChI is InChI=1S/C30H25N3O4/c1-2-36-29(35)27-28(37-26-20-18-25(34)19-21-26)32-33(31-27)30(22-12-6-3-7-13-22,23-14-8-4-9-15-23)24-16-10-5-11-17-24/h3-21,34H,2H2,1H3. The normalized spacial score (nSPS) is 11.2. The lowest BCUT2D eigenvalue weighted by atomic mass is 9.77. The van der Waals surface area contributed by atoms with E-state index in [-0.39, 0.29) is 23.9 Å². The first-order valence-electron chi connectivity index (χ1n) is 11.9. The fraction of sp³-hybridized carbons (Fsp3) is 0.100. The highest BCUT2D eigenvalue weighted by atomic mass is 16.5. The van der Waals surface area contributed by atoms with Crippen LogP contribution in [0.15, 0.2) is 115 Å². The van der Waals surface area contributed by atoms with E-state index >= 15 is 0 Å². The molecule has 7 nitrogen and oxygen atoms in total. The molecule has 0 bridgehead atoms. The van der Waals surface area contributed by atoms with Crippen molar-refractivity contribution in [2.75, 3.05) is 6.61 Å². The molecule has 0 saturated heterocycles. The topological polar surface area (TPSA) is 86.5 Å². The third-order valence-corrected chi connectivity index (χ3v) is 5.98. The van der Waals surface area contributed by atoms with Gasteiger partial charge in [0.2, 0.25) is 5.69 Å². The van der Waals surface area contributed by atoms with Gasteiger partial charge in [0.1, 0.15) is 11.5 Å². The van der Waals surface area contributed by atoms with Crippen LogP contribution < -0.4 is 4.74 Å². The smallest absolute Gasteiger partial charge is 0.364 e. The molecule has 0 aliphatic carbocycles. The van der Waals surface area contributed by atoms with Crippen molar-refractivity contribution in [1.29, 1.82) is 0 Å². The summed E-state index contributed by atoms with van der Waals surface area (Å²) in [6, 6.07) is 35.8. The summed E-state index contributed by atoms with van der Waals surface area (Å²) < 4.78 is 11.3. The molecule has 1 N–H and O–H groups in total. The van der Waals surface area contributed by atoms with E-state index in [0.717, 1.165) is 16.7 Å². The van der Waals surface area contributed by atoms with Gasteiger partial charge < -0.3 is 14.6 Å². The van der Waals surface area contributed by atoms with E-state index in [1.165, 1.54) is 16.9 Å². The minimum atomic E-state index is -1.03. The Bertz CT molecular complexity index is 1370. The average Bonchev–Trinajstić information content (AvgIpc) is 3.36. The Morgan fingerprint density at radius 1 is 0.757 bits per heavy atom. The van der Waals surface area contributed by atoms with E-state index in [0.29, 0.717) is 5.75 Å². The van der Waals surface area contributed by atoms with E-state index in [1.807, 2.05) is 91.0 Å². The van der Waals surface area contributed by atoms with Gasteiger partial charge in [-0.15, -0.1) is 10.2 Å². The highest BCUT2D eigenvalue weighted by Gasteiger charge is 2.42. The lowest BCUT2D eigenvalue weighted by molar-refractivity contribution is 0.0515. The molecule has 5 rings (SSSR count). The Hall–Kier alpha value is -4.91. The molecule has 0 fully saturated rings. The largest absolute Gasteiger partial charge is 0.508 e. The summed E-state index contributed by atoms with van der Waals surface area (Å²) in [6.07, 6.45) is 0. The molecule has 0 aliphatic rings. The van der Waals surface area contributed by atoms with Crippen LogP contribution in [0.25, 0.3) is 0 Å². The fourth-order valence-corrected chi connectivity index (χ4v) is 4.35. The summed E-state index contributed by atoms with van der Waals surface area (Å²) >= 11 is 0. The second-order valence-corrected chi connectivity index (χ2v) is 8.27. The Morgan fingerprint density at radius 2 is 1.24 bits per heavy atom. The third kappa shape index (κ3) is 4.54. The molecule has 0 unspecified atom stereocenters. The molecule has 37 heavy (non-hydrogen) atoms. The SMILES string of the molecule is CCOC(=O)c1nn(C(c2ccccc2)(c2ccccc2)c2ccccc2)nc1Oc1ccc(O)cc1. The van der Waals surface area contributed by atoms with Crippen LogP contribution in [0.5, 0.6) is 17.4 Å². The van der Waals surface area contributed by atoms with E-state index < -0.39 is 11.5 Å². The van der Waals surface area contributed by atoms with Crippen molar-refractivity contribution in [3.8, 4) is 17.4 Å². The molecule has 0 atom stereocenters. The van der Waals surface area contributed by atoms with Crippen LogP contribution in [0.2, 0.25) is 0 Å². The Labute approximate surface area is 214 Å². The number of carbonyl (C=O) groups excluding carboxylic acids is 1. The molecule has 1 heterocycles. The minimum absolute atomic E-state index is 0.00342. The fourth-order valence-electron chi connectivity index (χ4n) is 4.35. The predicted octanol–water partition coefficient (Wildman–Crippen LogP) is 5.79. The van der Waals surface area contributed by atoms with Crippen molar-refractivity contribution in [1.82, 2.24) is 15.0 Å². The van der Waals surface area contributed by atoms with Gasteiger partial charge in [-0.1, -0.05) is 91.0 Å². The summed E-state index contributed by atoms with van der Waals surface area (Å²) in [5.41, 5.74) is 1.61. The van der Waals surface area contributed by atoms with Gasteiger partial charge >= 0.3 is 5.97 Å². The molecule has 4 aromatic carbocycles. The van der Waals surface area contributed by atoms with Gasteiger partial charge in [-0.2, -0.15) is 4.80 Å². The van der Waals surface area contributed by atoms with E-state index in [1.54, 1.807) is 19.1 Å². The van der Waals surface area contributed by atoms with Crippen molar-refractivity contribution < 1.29 is 19.4 Å². The molecule has 1 aromatic heterocycles. The van der Waals surface area contributed by atoms with E-state index in [2.05, 4.69) is 0 Å². The zero-order valence-electron chi connectivity index (χ0n) is 20.2. The van der Waals surface area contributed by atoms with Crippen LogP contribution in [-0.2, 0) is 10.3 Å². The highest BCUT2D eigenvalue weighted by Crippen LogP contribution is 2.41. The summed E-state index contributed by atoms with van der Waals surface area (Å²) in [5, 5.41) is 19.1. The number of aromatic nitrogens is 3. The van der Waals surface area contributed by atoms with Crippen molar-refractivity contribution in [2.45, 2.75) is 12.5 Å². The number of hydrogen-bond donors (Lipinski definition) is 1. The van der Waals surface area contributed by atoms with Crippen LogP contribution >= 0.6 is 0 Å². The van der Waals surface area contributed by atoms with E-state index in [9.17, 15) is 9.90 Å². The first-order valence-corrected chi connectivity index (χ1v) is 11.9. The maximum Gasteiger partial charge on any atom is 0.364 e. The van der Waals surface area contributed by atoms with Gasteiger partial charge in [0.15, 0.2) is 5.54 Å². The maximum atomic E-state index is 13.0. The first kappa shape index (κ1) is 23.8. The number of nitrogens with zero attached hydrogens (tertiary/aromatic N) is 3. The van der Waals surface area contributed by atoms with Gasteiger partial charge in [-0.25, -0.2) is 4.79 Å². The van der Waals surface area contributed by atoms with Gasteiger partial charge in [-0.3, -0.25) is 0 Å². The summed E-state index contributed by atoms with van der Waals surface area (Å²) in [5.74, 6) is -0.167. The number of carbonyl (C=O) groups is 1. The second kappa shape index (κ2) is 10.4. The lowest BCUT2D eigenvalue weighted by Crippen LogP contribution is -2.39. The number of esters is 1. The number of ether oxygens (including phenoxy) is 2. The van der Waals surface area contributed by atoms with Gasteiger partial charge in [0.25, 0.3) is 5.88 Å². The number of rotatable bonds is 8. The minimum Gasteiger partial charge on any atom is -0.508 e. The molecule has 0 saturated carbocycles. The Morgan fingerprint density at radius 3 is 1.70 bits per heavy atom. The molecular formula is C30H25N3O4. The summed E-state index contributed by atoms with van der Waals surface area (Å²) in [7, 11) is 0. The lowest BCUT2D eigenvalue weighted by Gasteiger charge is -2.34. The van der Waals surface area contributed by atoms with Crippen molar-refractivity contribution in [3.05, 3.63) is 138 Å². The molecular weight excluding hydrogens is 466 g/mol. The van der Waals surface area contributed by atoms with Crippen LogP contribution in [-0.4, -0.2) is 32.7 Å².